The number of aromatic nitrogens is 2. The molecule has 5 nitrogen and oxygen atoms in total. The van der Waals surface area contributed by atoms with Crippen molar-refractivity contribution in [3.8, 4) is 6.01 Å². The number of methoxy groups -OCH3 is 1. The number of hydrogen-bond donors (Lipinski definition) is 1. The van der Waals surface area contributed by atoms with Crippen molar-refractivity contribution < 1.29 is 9.47 Å². The highest BCUT2D eigenvalue weighted by Gasteiger charge is 2.23. The van der Waals surface area contributed by atoms with Crippen LogP contribution in [0.15, 0.2) is 6.20 Å². The van der Waals surface area contributed by atoms with Crippen LogP contribution >= 0.6 is 0 Å². The van der Waals surface area contributed by atoms with E-state index in [9.17, 15) is 0 Å². The molecule has 5 heteroatoms. The fourth-order valence-corrected chi connectivity index (χ4v) is 2.67. The van der Waals surface area contributed by atoms with Crippen LogP contribution in [0.25, 0.3) is 0 Å². The van der Waals surface area contributed by atoms with Gasteiger partial charge in [0.05, 0.1) is 6.10 Å². The summed E-state index contributed by atoms with van der Waals surface area (Å²) in [5.74, 6) is 0. The first-order valence-electron chi connectivity index (χ1n) is 7.95. The maximum absolute atomic E-state index is 5.93. The van der Waals surface area contributed by atoms with E-state index >= 15 is 0 Å². The minimum absolute atomic E-state index is 0.173. The Morgan fingerprint density at radius 3 is 2.86 bits per heavy atom. The first kappa shape index (κ1) is 16.2. The first-order chi connectivity index (χ1) is 10.2. The zero-order valence-electron chi connectivity index (χ0n) is 13.4. The summed E-state index contributed by atoms with van der Waals surface area (Å²) in [6.45, 7) is 5.99. The Kier molecular flexibility index (Phi) is 6.39. The molecule has 1 aromatic rings. The van der Waals surface area contributed by atoms with Crippen LogP contribution < -0.4 is 10.1 Å². The molecule has 118 valence electrons. The lowest BCUT2D eigenvalue weighted by Crippen LogP contribution is -2.30. The van der Waals surface area contributed by atoms with E-state index in [0.29, 0.717) is 12.1 Å². The van der Waals surface area contributed by atoms with Gasteiger partial charge in [0.15, 0.2) is 0 Å². The molecule has 0 amide bonds. The molecule has 2 atom stereocenters. The lowest BCUT2D eigenvalue weighted by molar-refractivity contribution is 0.0178. The molecule has 2 rings (SSSR count). The predicted octanol–water partition coefficient (Wildman–Crippen LogP) is 2.62. The highest BCUT2D eigenvalue weighted by molar-refractivity contribution is 5.17. The molecule has 0 spiro atoms. The third-order valence-corrected chi connectivity index (χ3v) is 3.98. The number of rotatable bonds is 7. The van der Waals surface area contributed by atoms with Gasteiger partial charge in [-0.3, -0.25) is 0 Å². The molecule has 0 aliphatic heterocycles. The fraction of sp³-hybridized carbons (Fsp3) is 0.750. The summed E-state index contributed by atoms with van der Waals surface area (Å²) in [6, 6.07) is 0.494. The molecule has 1 aliphatic rings. The zero-order valence-corrected chi connectivity index (χ0v) is 13.4. The van der Waals surface area contributed by atoms with Crippen LogP contribution in [0.4, 0.5) is 0 Å². The van der Waals surface area contributed by atoms with Gasteiger partial charge in [0, 0.05) is 37.5 Å². The average molecular weight is 293 g/mol. The van der Waals surface area contributed by atoms with E-state index in [4.69, 9.17) is 9.47 Å². The van der Waals surface area contributed by atoms with E-state index in [1.165, 1.54) is 0 Å². The monoisotopic (exact) mass is 293 g/mol. The van der Waals surface area contributed by atoms with E-state index in [0.717, 1.165) is 56.5 Å². The Bertz CT molecular complexity index is 440. The molecule has 0 bridgehead atoms. The van der Waals surface area contributed by atoms with Gasteiger partial charge in [0.1, 0.15) is 6.10 Å². The van der Waals surface area contributed by atoms with E-state index < -0.39 is 0 Å². The minimum atomic E-state index is 0.173. The van der Waals surface area contributed by atoms with Crippen LogP contribution in [-0.4, -0.2) is 35.8 Å². The summed E-state index contributed by atoms with van der Waals surface area (Å²) in [7, 11) is 1.77. The molecule has 1 heterocycles. The van der Waals surface area contributed by atoms with Crippen molar-refractivity contribution in [1.29, 1.82) is 0 Å². The normalized spacial score (nSPS) is 22.2. The lowest BCUT2D eigenvalue weighted by atomic mass is 9.95. The minimum Gasteiger partial charge on any atom is -0.460 e. The van der Waals surface area contributed by atoms with Crippen molar-refractivity contribution in [2.75, 3.05) is 13.7 Å². The predicted molar refractivity (Wildman–Crippen MR) is 82.4 cm³/mol. The van der Waals surface area contributed by atoms with Crippen molar-refractivity contribution in [3.05, 3.63) is 17.5 Å². The maximum Gasteiger partial charge on any atom is 0.316 e. The summed E-state index contributed by atoms with van der Waals surface area (Å²) < 4.78 is 11.4. The molecule has 1 saturated carbocycles. The summed E-state index contributed by atoms with van der Waals surface area (Å²) in [4.78, 5) is 8.83. The standard InChI is InChI=1S/C16H27N3O2/c1-4-8-17-10-13-11-18-16(19-12(13)2)21-15-7-5-6-14(9-15)20-3/h11,14-15,17H,4-10H2,1-3H3. The van der Waals surface area contributed by atoms with Gasteiger partial charge >= 0.3 is 6.01 Å². The molecule has 2 unspecified atom stereocenters. The third-order valence-electron chi connectivity index (χ3n) is 3.98. The molecule has 0 saturated heterocycles. The Balaban J connectivity index is 1.90. The molecular weight excluding hydrogens is 266 g/mol. The average Bonchev–Trinajstić information content (AvgIpc) is 2.50. The van der Waals surface area contributed by atoms with Crippen molar-refractivity contribution in [2.45, 2.75) is 64.7 Å². The van der Waals surface area contributed by atoms with Gasteiger partial charge in [-0.05, 0) is 39.2 Å². The summed E-state index contributed by atoms with van der Waals surface area (Å²) >= 11 is 0. The number of nitrogens with zero attached hydrogens (tertiary/aromatic N) is 2. The SMILES string of the molecule is CCCNCc1cnc(OC2CCCC(OC)C2)nc1C. The van der Waals surface area contributed by atoms with Gasteiger partial charge in [0.2, 0.25) is 0 Å². The molecule has 1 aromatic heterocycles. The molecule has 1 fully saturated rings. The molecule has 0 aromatic carbocycles. The largest absolute Gasteiger partial charge is 0.460 e. The van der Waals surface area contributed by atoms with Crippen LogP contribution in [0.2, 0.25) is 0 Å². The number of ether oxygens (including phenoxy) is 2. The first-order valence-corrected chi connectivity index (χ1v) is 7.95. The van der Waals surface area contributed by atoms with E-state index in [-0.39, 0.29) is 6.10 Å². The van der Waals surface area contributed by atoms with Gasteiger partial charge < -0.3 is 14.8 Å². The zero-order chi connectivity index (χ0) is 15.1. The van der Waals surface area contributed by atoms with Gasteiger partial charge in [-0.15, -0.1) is 0 Å². The third kappa shape index (κ3) is 4.93. The van der Waals surface area contributed by atoms with Crippen molar-refractivity contribution in [3.63, 3.8) is 0 Å². The quantitative estimate of drug-likeness (QED) is 0.783. The fourth-order valence-electron chi connectivity index (χ4n) is 2.67. The van der Waals surface area contributed by atoms with Gasteiger partial charge in [-0.2, -0.15) is 0 Å². The van der Waals surface area contributed by atoms with Crippen LogP contribution in [0, 0.1) is 6.92 Å². The Morgan fingerprint density at radius 1 is 1.33 bits per heavy atom. The van der Waals surface area contributed by atoms with Crippen LogP contribution in [-0.2, 0) is 11.3 Å². The van der Waals surface area contributed by atoms with E-state index in [1.54, 1.807) is 7.11 Å². The smallest absolute Gasteiger partial charge is 0.316 e. The van der Waals surface area contributed by atoms with Gasteiger partial charge in [-0.1, -0.05) is 6.92 Å². The van der Waals surface area contributed by atoms with Crippen LogP contribution in [0.1, 0.15) is 50.3 Å². The van der Waals surface area contributed by atoms with Crippen molar-refractivity contribution >= 4 is 0 Å². The highest BCUT2D eigenvalue weighted by atomic mass is 16.5. The van der Waals surface area contributed by atoms with Crippen molar-refractivity contribution in [1.82, 2.24) is 15.3 Å². The van der Waals surface area contributed by atoms with Crippen LogP contribution in [0.3, 0.4) is 0 Å². The molecule has 0 radical (unpaired) electrons. The topological polar surface area (TPSA) is 56.3 Å². The molecule has 21 heavy (non-hydrogen) atoms. The molecular formula is C16H27N3O2. The maximum atomic E-state index is 5.93. The molecule has 1 N–H and O–H groups in total. The summed E-state index contributed by atoms with van der Waals surface area (Å²) in [6.07, 6.45) is 7.73. The van der Waals surface area contributed by atoms with E-state index in [1.807, 2.05) is 13.1 Å². The highest BCUT2D eigenvalue weighted by Crippen LogP contribution is 2.24. The second-order valence-corrected chi connectivity index (χ2v) is 5.70. The number of aryl methyl sites for hydroxylation is 1. The number of hydrogen-bond acceptors (Lipinski definition) is 5. The van der Waals surface area contributed by atoms with E-state index in [2.05, 4.69) is 22.2 Å². The summed E-state index contributed by atoms with van der Waals surface area (Å²) in [5.41, 5.74) is 2.12. The summed E-state index contributed by atoms with van der Waals surface area (Å²) in [5, 5.41) is 3.37. The number of nitrogens with one attached hydrogen (secondary N) is 1. The second-order valence-electron chi connectivity index (χ2n) is 5.70. The lowest BCUT2D eigenvalue weighted by Gasteiger charge is -2.27. The Morgan fingerprint density at radius 2 is 2.14 bits per heavy atom. The second kappa shape index (κ2) is 8.29. The Labute approximate surface area is 127 Å². The molecule has 1 aliphatic carbocycles. The Hall–Kier alpha value is -1.20. The van der Waals surface area contributed by atoms with Gasteiger partial charge in [0.25, 0.3) is 0 Å². The van der Waals surface area contributed by atoms with Crippen molar-refractivity contribution in [2.24, 2.45) is 0 Å². The van der Waals surface area contributed by atoms with Gasteiger partial charge in [-0.25, -0.2) is 9.97 Å². The van der Waals surface area contributed by atoms with Crippen LogP contribution in [0.5, 0.6) is 6.01 Å².